The summed E-state index contributed by atoms with van der Waals surface area (Å²) in [7, 11) is 1.90. The molecule has 2 aliphatic heterocycles. The van der Waals surface area contributed by atoms with Gasteiger partial charge >= 0.3 is 0 Å². The van der Waals surface area contributed by atoms with Gasteiger partial charge in [0.2, 0.25) is 5.91 Å². The van der Waals surface area contributed by atoms with E-state index in [2.05, 4.69) is 68.4 Å². The summed E-state index contributed by atoms with van der Waals surface area (Å²) < 4.78 is 3.96. The number of carbonyl (C=O) groups excluding carboxylic acids is 1. The number of fused-ring (bicyclic) bond motifs is 1. The van der Waals surface area contributed by atoms with Gasteiger partial charge in [-0.2, -0.15) is 10.2 Å². The number of aromatic amines is 1. The molecule has 228 valence electrons. The molecule has 0 bridgehead atoms. The Morgan fingerprint density at radius 3 is 2.65 bits per heavy atom. The van der Waals surface area contributed by atoms with Crippen LogP contribution >= 0.6 is 11.6 Å². The van der Waals surface area contributed by atoms with Gasteiger partial charge in [-0.1, -0.05) is 30.3 Å². The second kappa shape index (κ2) is 11.4. The van der Waals surface area contributed by atoms with Gasteiger partial charge in [0.15, 0.2) is 5.82 Å². The predicted octanol–water partition coefficient (Wildman–Crippen LogP) is 4.67. The lowest BCUT2D eigenvalue weighted by atomic mass is 9.91. The molecule has 6 rings (SSSR count). The fraction of sp³-hybridized carbons (Fsp3) is 0.516. The number of H-pyrrole nitrogens is 1. The minimum Gasteiger partial charge on any atom is -0.347 e. The van der Waals surface area contributed by atoms with Crippen LogP contribution in [0.4, 0.5) is 5.82 Å². The zero-order chi connectivity index (χ0) is 30.5. The number of benzene rings is 1. The van der Waals surface area contributed by atoms with E-state index in [1.807, 2.05) is 31.3 Å². The molecule has 4 aromatic rings. The number of likely N-dealkylation sites (tertiary alicyclic amines) is 1. The largest absolute Gasteiger partial charge is 0.347 e. The molecule has 3 aromatic heterocycles. The fourth-order valence-corrected chi connectivity index (χ4v) is 7.15. The first-order chi connectivity index (χ1) is 20.6. The van der Waals surface area contributed by atoms with E-state index < -0.39 is 0 Å². The van der Waals surface area contributed by atoms with Crippen molar-refractivity contribution in [2.24, 2.45) is 7.05 Å². The van der Waals surface area contributed by atoms with Gasteiger partial charge in [-0.15, -0.1) is 5.10 Å². The third-order valence-electron chi connectivity index (χ3n) is 9.45. The van der Waals surface area contributed by atoms with E-state index >= 15 is 0 Å². The van der Waals surface area contributed by atoms with Crippen LogP contribution in [0, 0.1) is 13.8 Å². The SMILES string of the molecule is C=CC(=O)N1CCC(n2nc(N3CCN(Cc4cn(C)nn4)C[C@]3(C)CC)c(-c3c(Cl)c(C)cc4[nH]ncc34)c2C)CC1. The number of hydrogen-bond acceptors (Lipinski definition) is 7. The molecule has 11 nitrogen and oxygen atoms in total. The molecular formula is C31H41ClN10O. The summed E-state index contributed by atoms with van der Waals surface area (Å²) in [5, 5.41) is 23.1. The van der Waals surface area contributed by atoms with Crippen molar-refractivity contribution in [2.75, 3.05) is 37.6 Å². The monoisotopic (exact) mass is 604 g/mol. The Morgan fingerprint density at radius 1 is 1.21 bits per heavy atom. The summed E-state index contributed by atoms with van der Waals surface area (Å²) in [5.74, 6) is 0.949. The minimum atomic E-state index is -0.174. The van der Waals surface area contributed by atoms with Crippen LogP contribution in [-0.2, 0) is 18.4 Å². The second-order valence-electron chi connectivity index (χ2n) is 12.3. The molecule has 2 fully saturated rings. The van der Waals surface area contributed by atoms with E-state index in [-0.39, 0.29) is 17.5 Å². The van der Waals surface area contributed by atoms with Crippen molar-refractivity contribution in [1.29, 1.82) is 0 Å². The molecule has 0 saturated carbocycles. The zero-order valence-electron chi connectivity index (χ0n) is 25.8. The van der Waals surface area contributed by atoms with Crippen LogP contribution in [0.2, 0.25) is 5.02 Å². The number of carbonyl (C=O) groups is 1. The van der Waals surface area contributed by atoms with Crippen molar-refractivity contribution in [3.8, 4) is 11.1 Å². The highest BCUT2D eigenvalue weighted by molar-refractivity contribution is 6.36. The number of nitrogens with zero attached hydrogens (tertiary/aromatic N) is 9. The van der Waals surface area contributed by atoms with Crippen LogP contribution in [0.1, 0.15) is 56.1 Å². The summed E-state index contributed by atoms with van der Waals surface area (Å²) in [6.45, 7) is 17.2. The Balaban J connectivity index is 1.43. The molecule has 0 unspecified atom stereocenters. The average molecular weight is 605 g/mol. The number of aromatic nitrogens is 7. The van der Waals surface area contributed by atoms with Crippen LogP contribution in [0.25, 0.3) is 22.0 Å². The number of rotatable bonds is 7. The van der Waals surface area contributed by atoms with Crippen molar-refractivity contribution < 1.29 is 4.79 Å². The number of piperazine rings is 1. The quantitative estimate of drug-likeness (QED) is 0.306. The number of nitrogens with one attached hydrogen (secondary N) is 1. The van der Waals surface area contributed by atoms with Crippen LogP contribution < -0.4 is 4.90 Å². The van der Waals surface area contributed by atoms with Crippen molar-refractivity contribution in [1.82, 2.24) is 44.8 Å². The topological polar surface area (TPSA) is 104 Å². The molecule has 0 aliphatic carbocycles. The number of halogens is 1. The van der Waals surface area contributed by atoms with Crippen molar-refractivity contribution >= 4 is 34.2 Å². The molecule has 43 heavy (non-hydrogen) atoms. The first-order valence-electron chi connectivity index (χ1n) is 15.1. The zero-order valence-corrected chi connectivity index (χ0v) is 26.5. The van der Waals surface area contributed by atoms with Crippen molar-refractivity contribution in [2.45, 2.75) is 65.1 Å². The molecule has 1 atom stereocenters. The van der Waals surface area contributed by atoms with Crippen molar-refractivity contribution in [3.05, 3.63) is 53.1 Å². The Bertz CT molecular complexity index is 1660. The second-order valence-corrected chi connectivity index (χ2v) is 12.7. The summed E-state index contributed by atoms with van der Waals surface area (Å²) >= 11 is 7.16. The maximum absolute atomic E-state index is 12.3. The number of piperidine rings is 1. The van der Waals surface area contributed by atoms with Gasteiger partial charge in [-0.25, -0.2) is 0 Å². The molecule has 0 spiro atoms. The number of aryl methyl sites for hydroxylation is 2. The van der Waals surface area contributed by atoms with Crippen LogP contribution in [0.3, 0.4) is 0 Å². The van der Waals surface area contributed by atoms with Gasteiger partial charge in [0, 0.05) is 74.7 Å². The number of hydrogen-bond donors (Lipinski definition) is 1. The molecular weight excluding hydrogens is 564 g/mol. The van der Waals surface area contributed by atoms with Gasteiger partial charge in [0.1, 0.15) is 0 Å². The molecule has 0 radical (unpaired) electrons. The molecule has 1 aromatic carbocycles. The fourth-order valence-electron chi connectivity index (χ4n) is 6.90. The minimum absolute atomic E-state index is 0.0102. The molecule has 1 N–H and O–H groups in total. The summed E-state index contributed by atoms with van der Waals surface area (Å²) in [4.78, 5) is 19.1. The summed E-state index contributed by atoms with van der Waals surface area (Å²) in [6, 6.07) is 2.23. The third kappa shape index (κ3) is 5.22. The Hall–Kier alpha value is -3.70. The number of amides is 1. The molecule has 12 heteroatoms. The first-order valence-corrected chi connectivity index (χ1v) is 15.5. The maximum atomic E-state index is 12.3. The first kappa shape index (κ1) is 29.4. The van der Waals surface area contributed by atoms with Gasteiger partial charge in [0.05, 0.1) is 34.0 Å². The lowest BCUT2D eigenvalue weighted by Crippen LogP contribution is -2.60. The summed E-state index contributed by atoms with van der Waals surface area (Å²) in [6.07, 6.45) is 7.87. The molecule has 1 amide bonds. The van der Waals surface area contributed by atoms with E-state index in [0.29, 0.717) is 13.1 Å². The lowest BCUT2D eigenvalue weighted by molar-refractivity contribution is -0.127. The lowest BCUT2D eigenvalue weighted by Gasteiger charge is -2.49. The van der Waals surface area contributed by atoms with E-state index in [1.165, 1.54) is 6.08 Å². The molecule has 2 saturated heterocycles. The highest BCUT2D eigenvalue weighted by Crippen LogP contribution is 2.46. The highest BCUT2D eigenvalue weighted by atomic mass is 35.5. The van der Waals surface area contributed by atoms with E-state index in [0.717, 1.165) is 95.3 Å². The smallest absolute Gasteiger partial charge is 0.245 e. The van der Waals surface area contributed by atoms with Crippen LogP contribution in [-0.4, -0.2) is 88.9 Å². The Kier molecular flexibility index (Phi) is 7.80. The van der Waals surface area contributed by atoms with E-state index in [4.69, 9.17) is 16.7 Å². The number of anilines is 1. The average Bonchev–Trinajstić information content (AvgIpc) is 3.72. The predicted molar refractivity (Wildman–Crippen MR) is 169 cm³/mol. The van der Waals surface area contributed by atoms with Gasteiger partial charge in [-0.05, 0) is 57.7 Å². The van der Waals surface area contributed by atoms with E-state index in [1.54, 1.807) is 4.68 Å². The van der Waals surface area contributed by atoms with Crippen LogP contribution in [0.5, 0.6) is 0 Å². The Morgan fingerprint density at radius 2 is 1.98 bits per heavy atom. The standard InChI is InChI=1S/C31H41ClN10O/c1-7-26(43)40-11-9-23(10-12-40)42-21(4)27(28-24-16-33-35-25(24)15-20(3)29(28)32)30(36-42)41-14-13-39(19-31(41,5)8-2)18-22-17-38(6)37-34-22/h7,15-17,23H,1,8-14,18-19H2,2-6H3,(H,33,35)/t31-/m0/s1. The highest BCUT2D eigenvalue weighted by Gasteiger charge is 2.41. The normalized spacial score (nSPS) is 20.3. The van der Waals surface area contributed by atoms with Crippen molar-refractivity contribution in [3.63, 3.8) is 0 Å². The summed E-state index contributed by atoms with van der Waals surface area (Å²) in [5.41, 5.74) is 5.87. The van der Waals surface area contributed by atoms with Gasteiger partial charge < -0.3 is 9.80 Å². The van der Waals surface area contributed by atoms with Gasteiger partial charge in [-0.3, -0.25) is 24.2 Å². The van der Waals surface area contributed by atoms with Crippen LogP contribution in [0.15, 0.2) is 31.1 Å². The van der Waals surface area contributed by atoms with Gasteiger partial charge in [0.25, 0.3) is 0 Å². The Labute approximate surface area is 257 Å². The maximum Gasteiger partial charge on any atom is 0.245 e. The third-order valence-corrected chi connectivity index (χ3v) is 9.94. The van der Waals surface area contributed by atoms with E-state index in [9.17, 15) is 4.79 Å². The molecule has 5 heterocycles. The molecule has 2 aliphatic rings.